The van der Waals surface area contributed by atoms with Gasteiger partial charge in [0.1, 0.15) is 4.21 Å². The van der Waals surface area contributed by atoms with Crippen LogP contribution >= 0.6 is 11.3 Å². The van der Waals surface area contributed by atoms with Gasteiger partial charge < -0.3 is 4.74 Å². The number of sulfone groups is 1. The van der Waals surface area contributed by atoms with E-state index in [0.717, 1.165) is 16.9 Å². The predicted octanol–water partition coefficient (Wildman–Crippen LogP) is 2.70. The second-order valence-corrected chi connectivity index (χ2v) is 7.71. The van der Waals surface area contributed by atoms with Crippen LogP contribution in [0.4, 0.5) is 0 Å². The summed E-state index contributed by atoms with van der Waals surface area (Å²) in [6.45, 7) is 1.82. The highest BCUT2D eigenvalue weighted by atomic mass is 32.2. The first kappa shape index (κ1) is 15.7. The number of hydrogen-bond acceptors (Lipinski definition) is 5. The second kappa shape index (κ2) is 6.87. The van der Waals surface area contributed by atoms with E-state index < -0.39 is 21.1 Å². The van der Waals surface area contributed by atoms with Crippen molar-refractivity contribution in [2.75, 3.05) is 6.61 Å². The van der Waals surface area contributed by atoms with Crippen molar-refractivity contribution in [3.8, 4) is 0 Å². The SMILES string of the molecule is CCOC(=O)C(Cc1ccccc1)S(=O)(=O)c1cccs1. The van der Waals surface area contributed by atoms with Crippen LogP contribution in [0.3, 0.4) is 0 Å². The first-order chi connectivity index (χ1) is 10.1. The van der Waals surface area contributed by atoms with Gasteiger partial charge in [0.15, 0.2) is 5.25 Å². The molecule has 2 aromatic rings. The van der Waals surface area contributed by atoms with Crippen LogP contribution in [0.5, 0.6) is 0 Å². The summed E-state index contributed by atoms with van der Waals surface area (Å²) in [6.07, 6.45) is 0.111. The minimum absolute atomic E-state index is 0.111. The molecule has 0 fully saturated rings. The fraction of sp³-hybridized carbons (Fsp3) is 0.267. The molecule has 1 aromatic heterocycles. The molecule has 6 heteroatoms. The Kier molecular flexibility index (Phi) is 5.14. The molecule has 112 valence electrons. The van der Waals surface area contributed by atoms with Crippen LogP contribution in [0.2, 0.25) is 0 Å². The Morgan fingerprint density at radius 3 is 2.48 bits per heavy atom. The topological polar surface area (TPSA) is 60.4 Å². The molecule has 0 N–H and O–H groups in total. The summed E-state index contributed by atoms with van der Waals surface area (Å²) in [5.41, 5.74) is 0.788. The molecule has 0 radical (unpaired) electrons. The third-order valence-electron chi connectivity index (χ3n) is 2.96. The number of rotatable bonds is 6. The number of hydrogen-bond donors (Lipinski definition) is 0. The van der Waals surface area contributed by atoms with Gasteiger partial charge in [-0.2, -0.15) is 0 Å². The Balaban J connectivity index is 2.35. The van der Waals surface area contributed by atoms with E-state index in [4.69, 9.17) is 4.74 Å². The fourth-order valence-electron chi connectivity index (χ4n) is 1.95. The number of carbonyl (C=O) groups excluding carboxylic acids is 1. The fourth-order valence-corrected chi connectivity index (χ4v) is 4.73. The summed E-state index contributed by atoms with van der Waals surface area (Å²) >= 11 is 1.11. The lowest BCUT2D eigenvalue weighted by Gasteiger charge is -2.15. The Morgan fingerprint density at radius 1 is 1.19 bits per heavy atom. The standard InChI is InChI=1S/C15H16O4S2/c1-2-19-15(16)13(11-12-7-4-3-5-8-12)21(17,18)14-9-6-10-20-14/h3-10,13H,2,11H2,1H3. The summed E-state index contributed by atoms with van der Waals surface area (Å²) in [5, 5.41) is 0.468. The summed E-state index contributed by atoms with van der Waals surface area (Å²) < 4.78 is 30.4. The molecule has 0 aliphatic rings. The first-order valence-corrected chi connectivity index (χ1v) is 8.96. The molecular weight excluding hydrogens is 308 g/mol. The van der Waals surface area contributed by atoms with E-state index in [1.54, 1.807) is 30.5 Å². The lowest BCUT2D eigenvalue weighted by atomic mass is 10.1. The molecule has 0 amide bonds. The molecular formula is C15H16O4S2. The van der Waals surface area contributed by atoms with Gasteiger partial charge in [-0.05, 0) is 23.9 Å². The maximum absolute atomic E-state index is 12.6. The lowest BCUT2D eigenvalue weighted by molar-refractivity contribution is -0.142. The monoisotopic (exact) mass is 324 g/mol. The van der Waals surface area contributed by atoms with Crippen LogP contribution in [-0.2, 0) is 25.8 Å². The summed E-state index contributed by atoms with van der Waals surface area (Å²) in [4.78, 5) is 12.1. The van der Waals surface area contributed by atoms with Crippen LogP contribution in [0.1, 0.15) is 12.5 Å². The molecule has 0 aliphatic carbocycles. The molecule has 0 bridgehead atoms. The third kappa shape index (κ3) is 3.71. The highest BCUT2D eigenvalue weighted by molar-refractivity contribution is 7.94. The number of carbonyl (C=O) groups is 1. The van der Waals surface area contributed by atoms with Crippen LogP contribution in [-0.4, -0.2) is 26.2 Å². The van der Waals surface area contributed by atoms with Gasteiger partial charge in [0.25, 0.3) is 0 Å². The minimum atomic E-state index is -3.73. The van der Waals surface area contributed by atoms with Crippen LogP contribution in [0.15, 0.2) is 52.1 Å². The summed E-state index contributed by atoms with van der Waals surface area (Å²) in [7, 11) is -3.73. The van der Waals surface area contributed by atoms with Gasteiger partial charge in [0, 0.05) is 6.42 Å². The Morgan fingerprint density at radius 2 is 1.90 bits per heavy atom. The zero-order chi connectivity index (χ0) is 15.3. The largest absolute Gasteiger partial charge is 0.465 e. The van der Waals surface area contributed by atoms with Crippen LogP contribution in [0, 0.1) is 0 Å². The van der Waals surface area contributed by atoms with E-state index in [9.17, 15) is 13.2 Å². The van der Waals surface area contributed by atoms with E-state index >= 15 is 0 Å². The molecule has 0 aliphatic heterocycles. The van der Waals surface area contributed by atoms with Gasteiger partial charge in [-0.1, -0.05) is 36.4 Å². The van der Waals surface area contributed by atoms with E-state index in [-0.39, 0.29) is 17.2 Å². The Hall–Kier alpha value is -1.66. The average molecular weight is 324 g/mol. The molecule has 0 saturated heterocycles. The molecule has 1 unspecified atom stereocenters. The van der Waals surface area contributed by atoms with Crippen LogP contribution in [0.25, 0.3) is 0 Å². The predicted molar refractivity (Wildman–Crippen MR) is 82.1 cm³/mol. The molecule has 0 saturated carbocycles. The number of thiophene rings is 1. The minimum Gasteiger partial charge on any atom is -0.465 e. The lowest BCUT2D eigenvalue weighted by Crippen LogP contribution is -2.34. The van der Waals surface area contributed by atoms with Crippen molar-refractivity contribution >= 4 is 27.1 Å². The van der Waals surface area contributed by atoms with Crippen molar-refractivity contribution in [2.45, 2.75) is 22.8 Å². The maximum Gasteiger partial charge on any atom is 0.325 e. The zero-order valence-electron chi connectivity index (χ0n) is 11.6. The highest BCUT2D eigenvalue weighted by Crippen LogP contribution is 2.24. The van der Waals surface area contributed by atoms with Gasteiger partial charge in [-0.25, -0.2) is 8.42 Å². The first-order valence-electron chi connectivity index (χ1n) is 6.53. The molecule has 1 aromatic carbocycles. The zero-order valence-corrected chi connectivity index (χ0v) is 13.2. The van der Waals surface area contributed by atoms with Crippen LogP contribution < -0.4 is 0 Å². The molecule has 4 nitrogen and oxygen atoms in total. The Labute approximate surface area is 128 Å². The number of benzene rings is 1. The highest BCUT2D eigenvalue weighted by Gasteiger charge is 2.36. The van der Waals surface area contributed by atoms with E-state index in [2.05, 4.69) is 0 Å². The van der Waals surface area contributed by atoms with Gasteiger partial charge in [0.05, 0.1) is 6.61 Å². The van der Waals surface area contributed by atoms with E-state index in [1.165, 1.54) is 6.07 Å². The Bertz CT molecular complexity index is 676. The van der Waals surface area contributed by atoms with Crippen molar-refractivity contribution in [3.63, 3.8) is 0 Å². The molecule has 21 heavy (non-hydrogen) atoms. The maximum atomic E-state index is 12.6. The summed E-state index contributed by atoms with van der Waals surface area (Å²) in [5.74, 6) is -0.699. The van der Waals surface area contributed by atoms with E-state index in [0.29, 0.717) is 0 Å². The van der Waals surface area contributed by atoms with Gasteiger partial charge in [-0.15, -0.1) is 11.3 Å². The van der Waals surface area contributed by atoms with Crippen molar-refractivity contribution in [1.29, 1.82) is 0 Å². The number of esters is 1. The molecule has 2 rings (SSSR count). The second-order valence-electron chi connectivity index (χ2n) is 4.41. The average Bonchev–Trinajstić information content (AvgIpc) is 3.01. The van der Waals surface area contributed by atoms with Crippen molar-refractivity contribution < 1.29 is 17.9 Å². The smallest absolute Gasteiger partial charge is 0.325 e. The van der Waals surface area contributed by atoms with Gasteiger partial charge in [0.2, 0.25) is 9.84 Å². The molecule has 0 spiro atoms. The van der Waals surface area contributed by atoms with E-state index in [1.807, 2.05) is 18.2 Å². The molecule has 1 atom stereocenters. The normalized spacial score (nSPS) is 12.8. The number of ether oxygens (including phenoxy) is 1. The van der Waals surface area contributed by atoms with Crippen molar-refractivity contribution in [1.82, 2.24) is 0 Å². The van der Waals surface area contributed by atoms with Crippen molar-refractivity contribution in [3.05, 3.63) is 53.4 Å². The molecule has 1 heterocycles. The third-order valence-corrected chi connectivity index (χ3v) is 6.42. The summed E-state index contributed by atoms with van der Waals surface area (Å²) in [6, 6.07) is 12.2. The van der Waals surface area contributed by atoms with Crippen molar-refractivity contribution in [2.24, 2.45) is 0 Å². The van der Waals surface area contributed by atoms with Gasteiger partial charge >= 0.3 is 5.97 Å². The quantitative estimate of drug-likeness (QED) is 0.767. The van der Waals surface area contributed by atoms with Gasteiger partial charge in [-0.3, -0.25) is 4.79 Å².